The highest BCUT2D eigenvalue weighted by Gasteiger charge is 2.30. The summed E-state index contributed by atoms with van der Waals surface area (Å²) in [5, 5.41) is 8.68. The summed E-state index contributed by atoms with van der Waals surface area (Å²) in [6, 6.07) is 12.3. The standard InChI is InChI=1S/C29H33N7O/c1-29(2)18-35(3)17-19-15-20(12-13-23(19)29)32-28-31-16-22-25(33-28)26(24-11-7-8-14-30-24)34-36(27(22)37)21-9-5-4-6-10-21/h7-8,11-16,21H,4-6,9-10,17-18H2,1-3H3,(H,31,32,33). The molecule has 8 nitrogen and oxygen atoms in total. The molecule has 3 aromatic heterocycles. The van der Waals surface area contributed by atoms with Gasteiger partial charge in [0.1, 0.15) is 11.2 Å². The third-order valence-corrected chi connectivity index (χ3v) is 7.68. The Balaban J connectivity index is 1.42. The molecule has 0 radical (unpaired) electrons. The summed E-state index contributed by atoms with van der Waals surface area (Å²) >= 11 is 0. The second-order valence-electron chi connectivity index (χ2n) is 11.1. The maximum atomic E-state index is 13.5. The Labute approximate surface area is 216 Å². The van der Waals surface area contributed by atoms with Gasteiger partial charge in [-0.05, 0) is 55.3 Å². The molecule has 0 saturated heterocycles. The highest BCUT2D eigenvalue weighted by Crippen LogP contribution is 2.35. The molecule has 6 rings (SSSR count). The van der Waals surface area contributed by atoms with Gasteiger partial charge >= 0.3 is 0 Å². The van der Waals surface area contributed by atoms with Crippen LogP contribution in [0.3, 0.4) is 0 Å². The molecule has 1 saturated carbocycles. The van der Waals surface area contributed by atoms with Crippen molar-refractivity contribution >= 4 is 22.5 Å². The van der Waals surface area contributed by atoms with E-state index in [1.807, 2.05) is 18.2 Å². The number of nitrogens with one attached hydrogen (secondary N) is 1. The molecule has 190 valence electrons. The normalized spacial score (nSPS) is 18.0. The SMILES string of the molecule is CN1Cc2cc(Nc3ncc4c(=O)n(C5CCCCC5)nc(-c5ccccn5)c4n3)ccc2C(C)(C)C1. The fourth-order valence-electron chi connectivity index (χ4n) is 6.05. The summed E-state index contributed by atoms with van der Waals surface area (Å²) in [6.07, 6.45) is 8.74. The van der Waals surface area contributed by atoms with Crippen LogP contribution in [0.15, 0.2) is 53.6 Å². The second kappa shape index (κ2) is 9.34. The Hall–Kier alpha value is -3.65. The van der Waals surface area contributed by atoms with Crippen LogP contribution in [0.1, 0.15) is 63.1 Å². The third-order valence-electron chi connectivity index (χ3n) is 7.68. The van der Waals surface area contributed by atoms with Crippen LogP contribution in [0.25, 0.3) is 22.3 Å². The minimum Gasteiger partial charge on any atom is -0.324 e. The Morgan fingerprint density at radius 3 is 2.68 bits per heavy atom. The van der Waals surface area contributed by atoms with Crippen LogP contribution in [0.4, 0.5) is 11.6 Å². The van der Waals surface area contributed by atoms with Gasteiger partial charge < -0.3 is 10.2 Å². The zero-order valence-electron chi connectivity index (χ0n) is 21.7. The van der Waals surface area contributed by atoms with Gasteiger partial charge in [0, 0.05) is 36.6 Å². The van der Waals surface area contributed by atoms with Gasteiger partial charge in [-0.3, -0.25) is 9.78 Å². The number of fused-ring (bicyclic) bond motifs is 2. The van der Waals surface area contributed by atoms with E-state index in [1.165, 1.54) is 17.5 Å². The number of anilines is 2. The molecule has 8 heteroatoms. The summed E-state index contributed by atoms with van der Waals surface area (Å²) < 4.78 is 1.66. The molecule has 1 fully saturated rings. The average molecular weight is 496 g/mol. The molecule has 0 bridgehead atoms. The first-order valence-corrected chi connectivity index (χ1v) is 13.2. The number of nitrogens with zero attached hydrogens (tertiary/aromatic N) is 6. The molecular weight excluding hydrogens is 462 g/mol. The van der Waals surface area contributed by atoms with E-state index in [2.05, 4.69) is 59.3 Å². The maximum absolute atomic E-state index is 13.5. The molecule has 37 heavy (non-hydrogen) atoms. The van der Waals surface area contributed by atoms with Crippen molar-refractivity contribution in [3.05, 3.63) is 70.3 Å². The van der Waals surface area contributed by atoms with Gasteiger partial charge in [0.25, 0.3) is 5.56 Å². The molecule has 1 N–H and O–H groups in total. The van der Waals surface area contributed by atoms with Crippen molar-refractivity contribution in [3.63, 3.8) is 0 Å². The van der Waals surface area contributed by atoms with Crippen LogP contribution in [0.2, 0.25) is 0 Å². The van der Waals surface area contributed by atoms with Crippen molar-refractivity contribution in [2.45, 2.75) is 64.0 Å². The van der Waals surface area contributed by atoms with Crippen molar-refractivity contribution in [3.8, 4) is 11.4 Å². The van der Waals surface area contributed by atoms with E-state index in [0.29, 0.717) is 28.2 Å². The smallest absolute Gasteiger partial charge is 0.278 e. The Bertz CT molecular complexity index is 1510. The van der Waals surface area contributed by atoms with Crippen LogP contribution in [0.5, 0.6) is 0 Å². The van der Waals surface area contributed by atoms with E-state index >= 15 is 0 Å². The molecule has 1 aromatic carbocycles. The lowest BCUT2D eigenvalue weighted by molar-refractivity contribution is 0.236. The predicted molar refractivity (Wildman–Crippen MR) is 146 cm³/mol. The molecule has 0 amide bonds. The number of hydrogen-bond donors (Lipinski definition) is 1. The molecule has 2 aliphatic rings. The molecule has 0 unspecified atom stereocenters. The fraction of sp³-hybridized carbons (Fsp3) is 0.414. The van der Waals surface area contributed by atoms with Crippen LogP contribution in [0, 0.1) is 0 Å². The van der Waals surface area contributed by atoms with Gasteiger partial charge in [-0.15, -0.1) is 0 Å². The van der Waals surface area contributed by atoms with Crippen LogP contribution < -0.4 is 10.9 Å². The third kappa shape index (κ3) is 4.50. The van der Waals surface area contributed by atoms with Gasteiger partial charge in [-0.25, -0.2) is 14.6 Å². The number of hydrogen-bond acceptors (Lipinski definition) is 7. The minimum atomic E-state index is -0.132. The zero-order chi connectivity index (χ0) is 25.6. The van der Waals surface area contributed by atoms with Crippen LogP contribution in [-0.4, -0.2) is 43.2 Å². The molecule has 1 aliphatic carbocycles. The monoisotopic (exact) mass is 495 g/mol. The largest absolute Gasteiger partial charge is 0.324 e. The van der Waals surface area contributed by atoms with Crippen molar-refractivity contribution in [1.29, 1.82) is 0 Å². The van der Waals surface area contributed by atoms with Crippen molar-refractivity contribution in [1.82, 2.24) is 29.6 Å². The van der Waals surface area contributed by atoms with E-state index in [4.69, 9.17) is 10.1 Å². The Morgan fingerprint density at radius 2 is 1.89 bits per heavy atom. The quantitative estimate of drug-likeness (QED) is 0.415. The van der Waals surface area contributed by atoms with Gasteiger partial charge in [-0.1, -0.05) is 45.2 Å². The van der Waals surface area contributed by atoms with E-state index in [-0.39, 0.29) is 17.0 Å². The molecule has 0 spiro atoms. The maximum Gasteiger partial charge on any atom is 0.278 e. The number of rotatable bonds is 4. The molecule has 0 atom stereocenters. The van der Waals surface area contributed by atoms with Crippen molar-refractivity contribution in [2.24, 2.45) is 0 Å². The van der Waals surface area contributed by atoms with Gasteiger partial charge in [-0.2, -0.15) is 5.10 Å². The molecule has 4 heterocycles. The van der Waals surface area contributed by atoms with Crippen molar-refractivity contribution < 1.29 is 0 Å². The number of pyridine rings is 1. The lowest BCUT2D eigenvalue weighted by Gasteiger charge is -2.38. The summed E-state index contributed by atoms with van der Waals surface area (Å²) in [7, 11) is 2.16. The minimum absolute atomic E-state index is 0.0990. The molecular formula is C29H33N7O. The zero-order valence-corrected chi connectivity index (χ0v) is 21.7. The number of benzene rings is 1. The van der Waals surface area contributed by atoms with Gasteiger partial charge in [0.2, 0.25) is 5.95 Å². The Morgan fingerprint density at radius 1 is 1.05 bits per heavy atom. The highest BCUT2D eigenvalue weighted by atomic mass is 16.1. The van der Waals surface area contributed by atoms with Gasteiger partial charge in [0.05, 0.1) is 17.1 Å². The lowest BCUT2D eigenvalue weighted by Crippen LogP contribution is -2.39. The Kier molecular flexibility index (Phi) is 5.99. The van der Waals surface area contributed by atoms with Crippen LogP contribution in [-0.2, 0) is 12.0 Å². The topological polar surface area (TPSA) is 88.8 Å². The molecule has 4 aromatic rings. The highest BCUT2D eigenvalue weighted by molar-refractivity contribution is 5.89. The summed E-state index contributed by atoms with van der Waals surface area (Å²) in [4.78, 5) is 29.7. The van der Waals surface area contributed by atoms with E-state index in [1.54, 1.807) is 17.1 Å². The van der Waals surface area contributed by atoms with E-state index in [0.717, 1.165) is 44.5 Å². The number of likely N-dealkylation sites (N-methyl/N-ethyl adjacent to an activating group) is 1. The second-order valence-corrected chi connectivity index (χ2v) is 11.1. The first kappa shape index (κ1) is 23.7. The lowest BCUT2D eigenvalue weighted by atomic mass is 9.78. The first-order chi connectivity index (χ1) is 17.9. The fourth-order valence-corrected chi connectivity index (χ4v) is 6.05. The molecule has 1 aliphatic heterocycles. The average Bonchev–Trinajstić information content (AvgIpc) is 2.89. The number of aromatic nitrogens is 5. The van der Waals surface area contributed by atoms with Crippen molar-refractivity contribution in [2.75, 3.05) is 18.9 Å². The summed E-state index contributed by atoms with van der Waals surface area (Å²) in [5.74, 6) is 0.435. The van der Waals surface area contributed by atoms with Gasteiger partial charge in [0.15, 0.2) is 0 Å². The summed E-state index contributed by atoms with van der Waals surface area (Å²) in [6.45, 7) is 6.50. The first-order valence-electron chi connectivity index (χ1n) is 13.2. The predicted octanol–water partition coefficient (Wildman–Crippen LogP) is 5.22. The summed E-state index contributed by atoms with van der Waals surface area (Å²) in [5.41, 5.74) is 5.39. The van der Waals surface area contributed by atoms with E-state index < -0.39 is 0 Å². The van der Waals surface area contributed by atoms with Crippen LogP contribution >= 0.6 is 0 Å². The van der Waals surface area contributed by atoms with E-state index in [9.17, 15) is 4.79 Å².